The molecule has 3 rings (SSSR count). The number of allylic oxidation sites excluding steroid dienone is 2. The predicted octanol–water partition coefficient (Wildman–Crippen LogP) is 5.96. The SMILES string of the molecule is C=CC=O.CC.CC#CC(=O)N1CC(C)N(N)/C(=C\CC(C)C)C1C.CC(C)C1c2cc(C(C)(C)C)nn2CCN1C. The average molecular weight is 585 g/mol. The molecule has 1 aromatic rings. The van der Waals surface area contributed by atoms with E-state index in [1.54, 1.807) is 16.8 Å². The van der Waals surface area contributed by atoms with Crippen molar-refractivity contribution in [3.63, 3.8) is 0 Å². The van der Waals surface area contributed by atoms with Crippen LogP contribution in [0.1, 0.15) is 107 Å². The summed E-state index contributed by atoms with van der Waals surface area (Å²) in [5, 5.41) is 6.57. The number of nitrogens with zero attached hydrogens (tertiary/aromatic N) is 5. The van der Waals surface area contributed by atoms with Crippen LogP contribution in [0.25, 0.3) is 0 Å². The van der Waals surface area contributed by atoms with Crippen LogP contribution in [0, 0.1) is 23.7 Å². The molecule has 1 fully saturated rings. The number of carbonyl (C=O) groups is 2. The van der Waals surface area contributed by atoms with Crippen molar-refractivity contribution >= 4 is 12.2 Å². The van der Waals surface area contributed by atoms with E-state index >= 15 is 0 Å². The molecule has 1 saturated heterocycles. The fourth-order valence-electron chi connectivity index (χ4n) is 4.91. The van der Waals surface area contributed by atoms with Crippen molar-refractivity contribution in [1.82, 2.24) is 24.6 Å². The molecule has 0 radical (unpaired) electrons. The third-order valence-corrected chi connectivity index (χ3v) is 7.17. The van der Waals surface area contributed by atoms with E-state index in [2.05, 4.69) is 95.7 Å². The highest BCUT2D eigenvalue weighted by Crippen LogP contribution is 2.33. The lowest BCUT2D eigenvalue weighted by atomic mass is 9.90. The summed E-state index contributed by atoms with van der Waals surface area (Å²) < 4.78 is 2.21. The Kier molecular flexibility index (Phi) is 17.3. The second-order valence-electron chi connectivity index (χ2n) is 12.5. The van der Waals surface area contributed by atoms with Gasteiger partial charge < -0.3 is 9.91 Å². The Morgan fingerprint density at radius 3 is 2.21 bits per heavy atom. The first-order chi connectivity index (χ1) is 19.6. The van der Waals surface area contributed by atoms with E-state index in [9.17, 15) is 4.79 Å². The second-order valence-corrected chi connectivity index (χ2v) is 12.5. The van der Waals surface area contributed by atoms with Gasteiger partial charge in [-0.05, 0) is 64.1 Å². The van der Waals surface area contributed by atoms with Crippen molar-refractivity contribution in [2.24, 2.45) is 17.7 Å². The van der Waals surface area contributed by atoms with Gasteiger partial charge in [-0.25, -0.2) is 5.84 Å². The van der Waals surface area contributed by atoms with Crippen LogP contribution in [-0.4, -0.2) is 69.0 Å². The third kappa shape index (κ3) is 11.4. The van der Waals surface area contributed by atoms with Gasteiger partial charge >= 0.3 is 0 Å². The summed E-state index contributed by atoms with van der Waals surface area (Å²) >= 11 is 0. The standard InChI is InChI=1S/C15H25N3O.C14H25N3.C3H4O.C2H6/c1-6-7-15(19)17-10-12(4)18(16)14(13(17)5)9-8-11(2)3;1-10(2)13-11-9-12(14(3,4)5)15-17(11)8-7-16(13)6;1-2-3-4;1-2/h9,11-13H,8,10,16H2,1-5H3;9-10,13H,7-8H2,1-6H3;2-3H,1H2;1-2H3/b14-9-;;;. The number of hydrazine groups is 1. The molecule has 42 heavy (non-hydrogen) atoms. The molecule has 8 heteroatoms. The summed E-state index contributed by atoms with van der Waals surface area (Å²) in [5.74, 6) is 12.5. The van der Waals surface area contributed by atoms with Crippen molar-refractivity contribution < 1.29 is 9.59 Å². The number of hydrogen-bond acceptors (Lipinski definition) is 6. The number of aromatic nitrogens is 2. The molecule has 238 valence electrons. The molecule has 3 heterocycles. The molecule has 2 N–H and O–H groups in total. The summed E-state index contributed by atoms with van der Waals surface area (Å²) in [6.07, 6.45) is 4.94. The van der Waals surface area contributed by atoms with Crippen LogP contribution in [-0.2, 0) is 21.5 Å². The van der Waals surface area contributed by atoms with Crippen molar-refractivity contribution in [2.45, 2.75) is 120 Å². The van der Waals surface area contributed by atoms with E-state index in [4.69, 9.17) is 15.7 Å². The molecule has 0 bridgehead atoms. The topological polar surface area (TPSA) is 87.7 Å². The molecule has 0 saturated carbocycles. The number of piperazine rings is 1. The Morgan fingerprint density at radius 1 is 1.19 bits per heavy atom. The molecule has 3 atom stereocenters. The van der Waals surface area contributed by atoms with Crippen LogP contribution in [0.5, 0.6) is 0 Å². The smallest absolute Gasteiger partial charge is 0.299 e. The summed E-state index contributed by atoms with van der Waals surface area (Å²) in [6, 6.07) is 2.90. The van der Waals surface area contributed by atoms with Crippen LogP contribution < -0.4 is 5.84 Å². The summed E-state index contributed by atoms with van der Waals surface area (Å²) in [5.41, 5.74) is 3.76. The summed E-state index contributed by atoms with van der Waals surface area (Å²) in [6.45, 7) is 31.2. The highest BCUT2D eigenvalue weighted by molar-refractivity contribution is 5.94. The van der Waals surface area contributed by atoms with Gasteiger partial charge in [-0.3, -0.25) is 19.2 Å². The summed E-state index contributed by atoms with van der Waals surface area (Å²) in [7, 11) is 2.22. The van der Waals surface area contributed by atoms with E-state index in [0.29, 0.717) is 30.7 Å². The van der Waals surface area contributed by atoms with Gasteiger partial charge in [0.25, 0.3) is 5.91 Å². The van der Waals surface area contributed by atoms with Crippen molar-refractivity contribution in [1.29, 1.82) is 0 Å². The van der Waals surface area contributed by atoms with Crippen LogP contribution in [0.15, 0.2) is 30.5 Å². The molecule has 3 unspecified atom stereocenters. The largest absolute Gasteiger partial charge is 0.321 e. The number of likely N-dealkylation sites (N-methyl/N-ethyl adjacent to an activating group) is 1. The normalized spacial score (nSPS) is 21.0. The van der Waals surface area contributed by atoms with E-state index in [1.807, 2.05) is 27.7 Å². The number of hydrogen-bond donors (Lipinski definition) is 1. The van der Waals surface area contributed by atoms with Gasteiger partial charge in [-0.2, -0.15) is 5.10 Å². The van der Waals surface area contributed by atoms with Crippen molar-refractivity contribution in [3.8, 4) is 11.8 Å². The molecule has 0 aliphatic carbocycles. The third-order valence-electron chi connectivity index (χ3n) is 7.17. The number of nitrogens with two attached hydrogens (primary N) is 1. The molecule has 2 aliphatic heterocycles. The minimum absolute atomic E-state index is 0.0201. The maximum absolute atomic E-state index is 12.0. The Hall–Kier alpha value is -2.89. The van der Waals surface area contributed by atoms with Crippen LogP contribution >= 0.6 is 0 Å². The van der Waals surface area contributed by atoms with Gasteiger partial charge in [0.05, 0.1) is 36.1 Å². The number of rotatable bonds is 4. The number of aldehydes is 1. The maximum atomic E-state index is 12.0. The average Bonchev–Trinajstić information content (AvgIpc) is 3.37. The van der Waals surface area contributed by atoms with Crippen LogP contribution in [0.2, 0.25) is 0 Å². The fraction of sp³-hybridized carbons (Fsp3) is 0.676. The number of amides is 1. The van der Waals surface area contributed by atoms with Gasteiger partial charge in [-0.1, -0.05) is 80.9 Å². The first-order valence-corrected chi connectivity index (χ1v) is 15.4. The lowest BCUT2D eigenvalue weighted by molar-refractivity contribution is -0.129. The van der Waals surface area contributed by atoms with Crippen molar-refractivity contribution in [3.05, 3.63) is 41.9 Å². The first kappa shape index (κ1) is 39.1. The minimum Gasteiger partial charge on any atom is -0.321 e. The zero-order chi connectivity index (χ0) is 32.8. The molecule has 1 amide bonds. The Balaban J connectivity index is 0.000000677. The highest BCUT2D eigenvalue weighted by atomic mass is 16.2. The van der Waals surface area contributed by atoms with Gasteiger partial charge in [0, 0.05) is 24.2 Å². The second kappa shape index (κ2) is 18.6. The zero-order valence-electron chi connectivity index (χ0n) is 28.9. The van der Waals surface area contributed by atoms with Crippen LogP contribution in [0.4, 0.5) is 0 Å². The lowest BCUT2D eigenvalue weighted by Gasteiger charge is -2.44. The monoisotopic (exact) mass is 584 g/mol. The molecule has 0 aromatic carbocycles. The zero-order valence-corrected chi connectivity index (χ0v) is 28.9. The Labute approximate surface area is 257 Å². The maximum Gasteiger partial charge on any atom is 0.299 e. The molecule has 1 aromatic heterocycles. The van der Waals surface area contributed by atoms with Gasteiger partial charge in [0.2, 0.25) is 0 Å². The molecule has 8 nitrogen and oxygen atoms in total. The fourth-order valence-corrected chi connectivity index (χ4v) is 4.91. The number of carbonyl (C=O) groups excluding carboxylic acids is 2. The first-order valence-electron chi connectivity index (χ1n) is 15.4. The van der Waals surface area contributed by atoms with Gasteiger partial charge in [0.15, 0.2) is 0 Å². The molecular formula is C34H60N6O2. The summed E-state index contributed by atoms with van der Waals surface area (Å²) in [4.78, 5) is 25.3. The van der Waals surface area contributed by atoms with E-state index in [-0.39, 0.29) is 23.4 Å². The minimum atomic E-state index is -0.120. The Morgan fingerprint density at radius 2 is 1.76 bits per heavy atom. The Bertz CT molecular complexity index is 1060. The number of fused-ring (bicyclic) bond motifs is 1. The van der Waals surface area contributed by atoms with E-state index in [1.165, 1.54) is 17.5 Å². The molecular weight excluding hydrogens is 524 g/mol. The quantitative estimate of drug-likeness (QED) is 0.204. The lowest BCUT2D eigenvalue weighted by Crippen LogP contribution is -2.58. The van der Waals surface area contributed by atoms with Crippen molar-refractivity contribution in [2.75, 3.05) is 20.1 Å². The molecule has 2 aliphatic rings. The van der Waals surface area contributed by atoms with E-state index in [0.717, 1.165) is 25.2 Å². The predicted molar refractivity (Wildman–Crippen MR) is 176 cm³/mol. The van der Waals surface area contributed by atoms with Gasteiger partial charge in [0.1, 0.15) is 6.29 Å². The highest BCUT2D eigenvalue weighted by Gasteiger charge is 2.34. The van der Waals surface area contributed by atoms with Crippen LogP contribution in [0.3, 0.4) is 0 Å². The van der Waals surface area contributed by atoms with E-state index < -0.39 is 0 Å². The van der Waals surface area contributed by atoms with Gasteiger partial charge in [-0.15, -0.1) is 0 Å². The molecule has 0 spiro atoms.